The Morgan fingerprint density at radius 2 is 1.51 bits per heavy atom. The number of piperidine rings is 1. The van der Waals surface area contributed by atoms with Gasteiger partial charge >= 0.3 is 18.4 Å². The van der Waals surface area contributed by atoms with Gasteiger partial charge in [0.1, 0.15) is 13.2 Å². The first-order valence-electron chi connectivity index (χ1n) is 13.8. The molecule has 242 valence electrons. The molecule has 1 aliphatic heterocycles. The van der Waals surface area contributed by atoms with E-state index in [4.69, 9.17) is 9.47 Å². The topological polar surface area (TPSA) is 102 Å². The second-order valence-electron chi connectivity index (χ2n) is 11.0. The molecule has 3 atom stereocenters. The summed E-state index contributed by atoms with van der Waals surface area (Å²) in [5, 5.41) is 22.2. The lowest BCUT2D eigenvalue weighted by Crippen LogP contribution is -2.65. The number of hydrogen-bond acceptors (Lipinski definition) is 6. The highest BCUT2D eigenvalue weighted by Crippen LogP contribution is 2.44. The molecule has 1 aliphatic rings. The molecule has 0 radical (unpaired) electrons. The van der Waals surface area contributed by atoms with Crippen LogP contribution < -0.4 is 0 Å². The molecule has 0 saturated carbocycles. The summed E-state index contributed by atoms with van der Waals surface area (Å²) < 4.78 is 92.6. The van der Waals surface area contributed by atoms with Crippen LogP contribution in [0.1, 0.15) is 53.7 Å². The summed E-state index contributed by atoms with van der Waals surface area (Å²) >= 11 is 0. The minimum Gasteiger partial charge on any atom is -0.445 e. The first kappa shape index (κ1) is 33.7. The van der Waals surface area contributed by atoms with Gasteiger partial charge in [-0.15, -0.1) is 0 Å². The molecule has 14 heteroatoms. The van der Waals surface area contributed by atoms with E-state index in [1.807, 2.05) is 0 Å². The Balaban J connectivity index is 1.74. The normalized spacial score (nSPS) is 21.3. The number of aliphatic hydroxyl groups is 1. The van der Waals surface area contributed by atoms with Crippen molar-refractivity contribution in [3.63, 3.8) is 0 Å². The smallest absolute Gasteiger partial charge is 0.416 e. The quantitative estimate of drug-likeness (QED) is 0.152. The van der Waals surface area contributed by atoms with Crippen LogP contribution in [0.15, 0.2) is 78.9 Å². The van der Waals surface area contributed by atoms with Crippen molar-refractivity contribution in [2.75, 3.05) is 19.8 Å². The van der Waals surface area contributed by atoms with Crippen LogP contribution in [0.4, 0.5) is 31.1 Å². The second-order valence-corrected chi connectivity index (χ2v) is 11.0. The van der Waals surface area contributed by atoms with E-state index in [9.17, 15) is 46.4 Å². The van der Waals surface area contributed by atoms with Crippen LogP contribution in [0, 0.1) is 10.1 Å². The van der Waals surface area contributed by atoms with Crippen LogP contribution >= 0.6 is 0 Å². The lowest BCUT2D eigenvalue weighted by Gasteiger charge is -2.49. The predicted octanol–water partition coefficient (Wildman–Crippen LogP) is 7.14. The van der Waals surface area contributed by atoms with Crippen LogP contribution in [0.3, 0.4) is 0 Å². The van der Waals surface area contributed by atoms with Gasteiger partial charge in [0.2, 0.25) is 0 Å². The highest BCUT2D eigenvalue weighted by Gasteiger charge is 2.57. The number of ether oxygens (including phenoxy) is 2. The fraction of sp³-hybridized carbons (Fsp3) is 0.387. The standard InChI is InChI=1S/C31H30F6N2O6/c1-21(23-14-25(30(32,33)34)16-26(15-23)31(35,36)37)45-20-29(24-10-6-3-7-11-24)13-12-28(19-40,39(42)43)18-38(29)27(41)44-17-22-8-4-2-5-9-22/h2-11,14-16,21,40H,12-13,17-20H2,1H3/t21-,28-,29+/m1/s1. The summed E-state index contributed by atoms with van der Waals surface area (Å²) in [7, 11) is 0. The molecule has 0 spiro atoms. The van der Waals surface area contributed by atoms with E-state index in [1.165, 1.54) is 6.92 Å². The maximum atomic E-state index is 13.7. The highest BCUT2D eigenvalue weighted by atomic mass is 19.4. The average molecular weight is 641 g/mol. The molecular weight excluding hydrogens is 610 g/mol. The number of alkyl halides is 6. The van der Waals surface area contributed by atoms with E-state index in [1.54, 1.807) is 60.7 Å². The van der Waals surface area contributed by atoms with Crippen LogP contribution in [0.2, 0.25) is 0 Å². The Bertz CT molecular complexity index is 1460. The summed E-state index contributed by atoms with van der Waals surface area (Å²) in [4.78, 5) is 26.2. The summed E-state index contributed by atoms with van der Waals surface area (Å²) in [6.45, 7) is -0.930. The number of likely N-dealkylation sites (tertiary alicyclic amines) is 1. The van der Waals surface area contributed by atoms with Crippen LogP contribution in [-0.2, 0) is 34.0 Å². The number of rotatable bonds is 9. The van der Waals surface area contributed by atoms with Crippen LogP contribution in [0.5, 0.6) is 0 Å². The van der Waals surface area contributed by atoms with Gasteiger partial charge in [0.05, 0.1) is 35.9 Å². The first-order valence-corrected chi connectivity index (χ1v) is 13.8. The fourth-order valence-corrected chi connectivity index (χ4v) is 5.33. The molecule has 4 rings (SSSR count). The molecule has 0 bridgehead atoms. The summed E-state index contributed by atoms with van der Waals surface area (Å²) in [6.07, 6.45) is -12.8. The third kappa shape index (κ3) is 7.39. The van der Waals surface area contributed by atoms with Crippen molar-refractivity contribution >= 4 is 6.09 Å². The SMILES string of the molecule is C[C@@H](OC[C@]1(c2ccccc2)CC[C@@](CO)([N+](=O)[O-])CN1C(=O)OCc1ccccc1)c1cc(C(F)(F)F)cc(C(F)(F)F)c1. The van der Waals surface area contributed by atoms with E-state index >= 15 is 0 Å². The van der Waals surface area contributed by atoms with Crippen molar-refractivity contribution in [3.05, 3.63) is 117 Å². The van der Waals surface area contributed by atoms with E-state index in [-0.39, 0.29) is 25.5 Å². The van der Waals surface area contributed by atoms with Gasteiger partial charge in [0.25, 0.3) is 5.54 Å². The van der Waals surface area contributed by atoms with Crippen LogP contribution in [-0.4, -0.2) is 46.3 Å². The number of carbonyl (C=O) groups excluding carboxylic acids is 1. The summed E-state index contributed by atoms with van der Waals surface area (Å²) in [5.41, 5.74) is -5.85. The van der Waals surface area contributed by atoms with Gasteiger partial charge in [-0.25, -0.2) is 4.79 Å². The number of nitrogens with zero attached hydrogens (tertiary/aromatic N) is 2. The third-order valence-corrected chi connectivity index (χ3v) is 8.04. The van der Waals surface area contributed by atoms with Gasteiger partial charge in [-0.05, 0) is 48.2 Å². The Labute approximate surface area is 254 Å². The van der Waals surface area contributed by atoms with Gasteiger partial charge in [0, 0.05) is 11.3 Å². The lowest BCUT2D eigenvalue weighted by molar-refractivity contribution is -0.579. The molecule has 1 saturated heterocycles. The number of amides is 1. The van der Waals surface area contributed by atoms with Gasteiger partial charge in [-0.1, -0.05) is 60.7 Å². The Morgan fingerprint density at radius 1 is 0.956 bits per heavy atom. The molecular formula is C31H30F6N2O6. The van der Waals surface area contributed by atoms with E-state index in [0.29, 0.717) is 23.3 Å². The predicted molar refractivity (Wildman–Crippen MR) is 148 cm³/mol. The maximum Gasteiger partial charge on any atom is 0.416 e. The number of benzene rings is 3. The van der Waals surface area contributed by atoms with Crippen LogP contribution in [0.25, 0.3) is 0 Å². The van der Waals surface area contributed by atoms with Gasteiger partial charge in [-0.2, -0.15) is 26.3 Å². The van der Waals surface area contributed by atoms with Gasteiger partial charge in [0.15, 0.2) is 0 Å². The Morgan fingerprint density at radius 3 is 2.02 bits per heavy atom. The number of carbonyl (C=O) groups is 1. The molecule has 0 unspecified atom stereocenters. The lowest BCUT2D eigenvalue weighted by atomic mass is 9.75. The fourth-order valence-electron chi connectivity index (χ4n) is 5.33. The molecule has 1 amide bonds. The zero-order valence-corrected chi connectivity index (χ0v) is 24.0. The molecule has 0 aliphatic carbocycles. The second kappa shape index (κ2) is 13.1. The van der Waals surface area contributed by atoms with Gasteiger partial charge in [-0.3, -0.25) is 15.0 Å². The molecule has 3 aromatic rings. The van der Waals surface area contributed by atoms with Crippen molar-refractivity contribution in [3.8, 4) is 0 Å². The Kier molecular flexibility index (Phi) is 9.78. The van der Waals surface area contributed by atoms with E-state index in [0.717, 1.165) is 4.90 Å². The first-order chi connectivity index (χ1) is 21.1. The molecule has 1 heterocycles. The summed E-state index contributed by atoms with van der Waals surface area (Å²) in [6, 6.07) is 17.9. The average Bonchev–Trinajstić information content (AvgIpc) is 3.02. The monoisotopic (exact) mass is 640 g/mol. The van der Waals surface area contributed by atoms with Crippen molar-refractivity contribution in [1.29, 1.82) is 0 Å². The summed E-state index contributed by atoms with van der Waals surface area (Å²) in [5.74, 6) is 0. The molecule has 8 nitrogen and oxygen atoms in total. The van der Waals surface area contributed by atoms with Gasteiger partial charge < -0.3 is 14.6 Å². The number of aliphatic hydroxyl groups excluding tert-OH is 1. The minimum atomic E-state index is -5.07. The van der Waals surface area contributed by atoms with E-state index in [2.05, 4.69) is 0 Å². The van der Waals surface area contributed by atoms with Crippen molar-refractivity contribution in [2.24, 2.45) is 0 Å². The highest BCUT2D eigenvalue weighted by molar-refractivity contribution is 5.70. The largest absolute Gasteiger partial charge is 0.445 e. The zero-order chi connectivity index (χ0) is 33.0. The number of nitro groups is 1. The third-order valence-electron chi connectivity index (χ3n) is 8.04. The van der Waals surface area contributed by atoms with Crippen molar-refractivity contribution < 1.29 is 50.6 Å². The zero-order valence-electron chi connectivity index (χ0n) is 24.0. The molecule has 1 fully saturated rings. The molecule has 3 aromatic carbocycles. The molecule has 45 heavy (non-hydrogen) atoms. The molecule has 1 N–H and O–H groups in total. The maximum absolute atomic E-state index is 13.7. The van der Waals surface area contributed by atoms with Crippen molar-refractivity contribution in [1.82, 2.24) is 4.90 Å². The number of hydrogen-bond donors (Lipinski definition) is 1. The number of halogens is 6. The Hall–Kier alpha value is -4.17. The minimum absolute atomic E-state index is 0.0133. The van der Waals surface area contributed by atoms with E-state index < -0.39 is 77.0 Å². The van der Waals surface area contributed by atoms with Crippen molar-refractivity contribution in [2.45, 2.75) is 55.9 Å². The molecule has 0 aromatic heterocycles.